The van der Waals surface area contributed by atoms with Gasteiger partial charge < -0.3 is 10.1 Å². The molecule has 0 aromatic carbocycles. The third-order valence-electron chi connectivity index (χ3n) is 2.16. The summed E-state index contributed by atoms with van der Waals surface area (Å²) in [6.45, 7) is 1.91. The van der Waals surface area contributed by atoms with Gasteiger partial charge in [-0.3, -0.25) is 4.79 Å². The van der Waals surface area contributed by atoms with Gasteiger partial charge in [0.15, 0.2) is 0 Å². The van der Waals surface area contributed by atoms with Crippen LogP contribution in [-0.2, 0) is 9.53 Å². The van der Waals surface area contributed by atoms with Gasteiger partial charge in [0.2, 0.25) is 0 Å². The summed E-state index contributed by atoms with van der Waals surface area (Å²) in [7, 11) is 3.26. The van der Waals surface area contributed by atoms with Crippen LogP contribution in [0.5, 0.6) is 0 Å². The molecule has 1 aliphatic carbocycles. The van der Waals surface area contributed by atoms with Crippen LogP contribution in [0.4, 0.5) is 0 Å². The first-order valence-corrected chi connectivity index (χ1v) is 4.51. The Morgan fingerprint density at radius 3 is 2.64 bits per heavy atom. The number of carbonyl (C=O) groups is 1. The van der Waals surface area contributed by atoms with Crippen LogP contribution in [0.2, 0.25) is 0 Å². The lowest BCUT2D eigenvalue weighted by atomic mass is 10.1. The van der Waals surface area contributed by atoms with Gasteiger partial charge in [0.25, 0.3) is 5.91 Å². The van der Waals surface area contributed by atoms with E-state index >= 15 is 0 Å². The Bertz CT molecular complexity index is 313. The fourth-order valence-electron chi connectivity index (χ4n) is 1.26. The van der Waals surface area contributed by atoms with Crippen LogP contribution in [0.3, 0.4) is 0 Å². The minimum atomic E-state index is -0.0693. The van der Waals surface area contributed by atoms with E-state index in [1.54, 1.807) is 20.2 Å². The van der Waals surface area contributed by atoms with E-state index in [0.29, 0.717) is 5.57 Å². The van der Waals surface area contributed by atoms with E-state index in [0.717, 1.165) is 5.57 Å². The van der Waals surface area contributed by atoms with Gasteiger partial charge in [-0.25, -0.2) is 0 Å². The van der Waals surface area contributed by atoms with Crippen molar-refractivity contribution >= 4 is 5.91 Å². The second-order valence-electron chi connectivity index (χ2n) is 3.09. The summed E-state index contributed by atoms with van der Waals surface area (Å²) in [4.78, 5) is 11.4. The molecule has 1 rings (SSSR count). The Balaban J connectivity index is 2.95. The molecule has 1 N–H and O–H groups in total. The van der Waals surface area contributed by atoms with Crippen molar-refractivity contribution in [3.63, 3.8) is 0 Å². The molecule has 0 fully saturated rings. The standard InChI is InChI=1S/C11H15NO2/c1-8-4-5-9(14-3)6-7-10(8)11(13)12-2/h4-7,9H,1-3H3,(H,12,13). The maximum atomic E-state index is 11.4. The number of allylic oxidation sites excluding steroid dienone is 2. The smallest absolute Gasteiger partial charge is 0.251 e. The van der Waals surface area contributed by atoms with Gasteiger partial charge >= 0.3 is 0 Å². The summed E-state index contributed by atoms with van der Waals surface area (Å²) < 4.78 is 5.15. The van der Waals surface area contributed by atoms with E-state index in [-0.39, 0.29) is 12.0 Å². The molecule has 3 nitrogen and oxygen atoms in total. The Labute approximate surface area is 84.1 Å². The fourth-order valence-corrected chi connectivity index (χ4v) is 1.26. The van der Waals surface area contributed by atoms with Crippen molar-refractivity contribution in [1.29, 1.82) is 0 Å². The molecule has 1 amide bonds. The highest BCUT2D eigenvalue weighted by Crippen LogP contribution is 2.13. The van der Waals surface area contributed by atoms with Gasteiger partial charge in [0.05, 0.1) is 6.10 Å². The van der Waals surface area contributed by atoms with E-state index in [2.05, 4.69) is 5.32 Å². The SMILES string of the molecule is CNC(=O)C1=C(C)C=CC(OC)C=C1. The highest BCUT2D eigenvalue weighted by molar-refractivity contribution is 5.97. The predicted octanol–water partition coefficient (Wildman–Crippen LogP) is 1.19. The molecule has 0 bridgehead atoms. The molecule has 0 radical (unpaired) electrons. The second-order valence-corrected chi connectivity index (χ2v) is 3.09. The average Bonchev–Trinajstić information content (AvgIpc) is 2.39. The minimum absolute atomic E-state index is 0.0490. The summed E-state index contributed by atoms with van der Waals surface area (Å²) in [6, 6.07) is 0. The Morgan fingerprint density at radius 2 is 2.07 bits per heavy atom. The zero-order valence-corrected chi connectivity index (χ0v) is 8.70. The van der Waals surface area contributed by atoms with E-state index in [4.69, 9.17) is 4.74 Å². The molecular weight excluding hydrogens is 178 g/mol. The van der Waals surface area contributed by atoms with Crippen molar-refractivity contribution in [2.45, 2.75) is 13.0 Å². The number of carbonyl (C=O) groups excluding carboxylic acids is 1. The van der Waals surface area contributed by atoms with Crippen LogP contribution in [0.15, 0.2) is 35.5 Å². The van der Waals surface area contributed by atoms with Crippen molar-refractivity contribution in [3.05, 3.63) is 35.5 Å². The average molecular weight is 193 g/mol. The molecular formula is C11H15NO2. The summed E-state index contributed by atoms with van der Waals surface area (Å²) in [5.41, 5.74) is 1.63. The van der Waals surface area contributed by atoms with E-state index in [1.165, 1.54) is 0 Å². The monoisotopic (exact) mass is 193 g/mol. The summed E-state index contributed by atoms with van der Waals surface area (Å²) in [5.74, 6) is -0.0693. The zero-order chi connectivity index (χ0) is 10.6. The van der Waals surface area contributed by atoms with Crippen molar-refractivity contribution in [2.24, 2.45) is 0 Å². The minimum Gasteiger partial charge on any atom is -0.373 e. The molecule has 76 valence electrons. The number of hydrogen-bond donors (Lipinski definition) is 1. The molecule has 0 spiro atoms. The number of ether oxygens (including phenoxy) is 1. The molecule has 0 aromatic heterocycles. The first-order chi connectivity index (χ1) is 6.69. The summed E-state index contributed by atoms with van der Waals surface area (Å²) in [6.07, 6.45) is 7.42. The second kappa shape index (κ2) is 4.77. The van der Waals surface area contributed by atoms with Crippen LogP contribution < -0.4 is 5.32 Å². The van der Waals surface area contributed by atoms with Crippen molar-refractivity contribution in [1.82, 2.24) is 5.32 Å². The Morgan fingerprint density at radius 1 is 1.43 bits per heavy atom. The van der Waals surface area contributed by atoms with Crippen molar-refractivity contribution in [3.8, 4) is 0 Å². The van der Waals surface area contributed by atoms with Gasteiger partial charge in [0.1, 0.15) is 0 Å². The predicted molar refractivity (Wildman–Crippen MR) is 55.8 cm³/mol. The van der Waals surface area contributed by atoms with Gasteiger partial charge in [-0.15, -0.1) is 0 Å². The molecule has 0 saturated heterocycles. The zero-order valence-electron chi connectivity index (χ0n) is 8.70. The maximum absolute atomic E-state index is 11.4. The van der Waals surface area contributed by atoms with E-state index < -0.39 is 0 Å². The van der Waals surface area contributed by atoms with Gasteiger partial charge in [-0.2, -0.15) is 0 Å². The summed E-state index contributed by atoms with van der Waals surface area (Å²) in [5, 5.41) is 2.60. The molecule has 1 atom stereocenters. The lowest BCUT2D eigenvalue weighted by Gasteiger charge is -2.02. The van der Waals surface area contributed by atoms with E-state index in [9.17, 15) is 4.79 Å². The van der Waals surface area contributed by atoms with Crippen LogP contribution in [0, 0.1) is 0 Å². The summed E-state index contributed by atoms with van der Waals surface area (Å²) >= 11 is 0. The highest BCUT2D eigenvalue weighted by atomic mass is 16.5. The van der Waals surface area contributed by atoms with Crippen LogP contribution >= 0.6 is 0 Å². The molecule has 1 aliphatic rings. The van der Waals surface area contributed by atoms with Crippen molar-refractivity contribution in [2.75, 3.05) is 14.2 Å². The number of likely N-dealkylation sites (N-methyl/N-ethyl adjacent to an activating group) is 1. The molecule has 0 heterocycles. The lowest BCUT2D eigenvalue weighted by molar-refractivity contribution is -0.116. The van der Waals surface area contributed by atoms with Crippen LogP contribution in [0.25, 0.3) is 0 Å². The number of amides is 1. The van der Waals surface area contributed by atoms with Gasteiger partial charge in [-0.05, 0) is 12.5 Å². The highest BCUT2D eigenvalue weighted by Gasteiger charge is 2.10. The molecule has 0 saturated carbocycles. The van der Waals surface area contributed by atoms with Gasteiger partial charge in [0, 0.05) is 19.7 Å². The molecule has 0 aliphatic heterocycles. The first-order valence-electron chi connectivity index (χ1n) is 4.51. The first kappa shape index (κ1) is 10.7. The number of methoxy groups -OCH3 is 1. The molecule has 1 unspecified atom stereocenters. The molecule has 14 heavy (non-hydrogen) atoms. The van der Waals surface area contributed by atoms with Crippen molar-refractivity contribution < 1.29 is 9.53 Å². The largest absolute Gasteiger partial charge is 0.373 e. The molecule has 3 heteroatoms. The van der Waals surface area contributed by atoms with Crippen LogP contribution in [0.1, 0.15) is 6.92 Å². The maximum Gasteiger partial charge on any atom is 0.251 e. The third kappa shape index (κ3) is 2.33. The number of nitrogens with one attached hydrogen (secondary N) is 1. The lowest BCUT2D eigenvalue weighted by Crippen LogP contribution is -2.19. The Hall–Kier alpha value is -1.35. The topological polar surface area (TPSA) is 38.3 Å². The normalized spacial score (nSPS) is 20.9. The van der Waals surface area contributed by atoms with E-state index in [1.807, 2.05) is 25.2 Å². The van der Waals surface area contributed by atoms with Gasteiger partial charge in [-0.1, -0.05) is 24.3 Å². The third-order valence-corrected chi connectivity index (χ3v) is 2.16. The number of rotatable bonds is 2. The quantitative estimate of drug-likeness (QED) is 0.715. The van der Waals surface area contributed by atoms with Crippen LogP contribution in [-0.4, -0.2) is 26.2 Å². The molecule has 0 aromatic rings. The fraction of sp³-hybridized carbons (Fsp3) is 0.364. The Kier molecular flexibility index (Phi) is 3.65. The number of hydrogen-bond acceptors (Lipinski definition) is 2.